The molecule has 0 unspecified atom stereocenters. The molecule has 4 saturated carbocycles. The fourth-order valence-corrected chi connectivity index (χ4v) is 11.1. The van der Waals surface area contributed by atoms with Crippen molar-refractivity contribution in [3.63, 3.8) is 0 Å². The van der Waals surface area contributed by atoms with Gasteiger partial charge in [-0.2, -0.15) is 0 Å². The third-order valence-corrected chi connectivity index (χ3v) is 14.5. The molecule has 5 aliphatic rings. The molecule has 11 atom stereocenters. The van der Waals surface area contributed by atoms with E-state index in [9.17, 15) is 20.1 Å². The first-order valence-corrected chi connectivity index (χ1v) is 14.3. The van der Waals surface area contributed by atoms with Crippen LogP contribution in [0.3, 0.4) is 0 Å². The molecule has 4 fully saturated rings. The van der Waals surface area contributed by atoms with Gasteiger partial charge in [0.1, 0.15) is 0 Å². The highest BCUT2D eigenvalue weighted by Gasteiger charge is 2.73. The first-order valence-electron chi connectivity index (χ1n) is 14.3. The molecule has 0 aliphatic heterocycles. The van der Waals surface area contributed by atoms with Crippen molar-refractivity contribution in [1.29, 1.82) is 0 Å². The molecule has 0 radical (unpaired) electrons. The average Bonchev–Trinajstić information content (AvgIpc) is 2.78. The van der Waals surface area contributed by atoms with Gasteiger partial charge in [-0.15, -0.1) is 0 Å². The number of hydrogen-bond acceptors (Lipinski definition) is 3. The highest BCUT2D eigenvalue weighted by Crippen LogP contribution is 2.78. The number of fused-ring (bicyclic) bond motifs is 7. The number of aliphatic hydroxyl groups is 2. The summed E-state index contributed by atoms with van der Waals surface area (Å²) in [5, 5.41) is 32.7. The minimum absolute atomic E-state index is 0.0274. The second kappa shape index (κ2) is 7.37. The van der Waals surface area contributed by atoms with Crippen LogP contribution < -0.4 is 0 Å². The first-order chi connectivity index (χ1) is 16.0. The van der Waals surface area contributed by atoms with E-state index in [1.807, 2.05) is 0 Å². The van der Waals surface area contributed by atoms with Crippen molar-refractivity contribution in [2.75, 3.05) is 0 Å². The summed E-state index contributed by atoms with van der Waals surface area (Å²) < 4.78 is 0. The van der Waals surface area contributed by atoms with Crippen molar-refractivity contribution in [3.05, 3.63) is 11.6 Å². The Balaban J connectivity index is 1.65. The standard InChI is InChI=1S/C31H50O4/c1-18-11-12-31(25(34)35)16-14-27(5)20(23(31)19(18)2)9-10-22-28(27,6)13-15-30(8)26(3,4)24(33)21(32)17-29(22,30)7/h9,18-19,21-24,32-33H,10-17H2,1-8H3,(H,34,35)/t18-,19+,21-,22+,23+,24-,27-,28-,29-,30+,31+/m1/s1. The Hall–Kier alpha value is -0.870. The van der Waals surface area contributed by atoms with Crippen LogP contribution in [0.25, 0.3) is 0 Å². The Morgan fingerprint density at radius 3 is 2.20 bits per heavy atom. The zero-order valence-electron chi connectivity index (χ0n) is 23.4. The van der Waals surface area contributed by atoms with E-state index in [-0.39, 0.29) is 33.0 Å². The number of rotatable bonds is 1. The normalized spacial score (nSPS) is 57.1. The van der Waals surface area contributed by atoms with Crippen molar-refractivity contribution in [3.8, 4) is 0 Å². The van der Waals surface area contributed by atoms with Gasteiger partial charge in [0, 0.05) is 0 Å². The number of carbonyl (C=O) groups is 1. The van der Waals surface area contributed by atoms with Gasteiger partial charge in [0.2, 0.25) is 0 Å². The van der Waals surface area contributed by atoms with Gasteiger partial charge >= 0.3 is 5.97 Å². The Morgan fingerprint density at radius 1 is 0.914 bits per heavy atom. The summed E-state index contributed by atoms with van der Waals surface area (Å²) >= 11 is 0. The second-order valence-electron chi connectivity index (χ2n) is 15.2. The van der Waals surface area contributed by atoms with Crippen LogP contribution in [0.2, 0.25) is 0 Å². The van der Waals surface area contributed by atoms with Crippen molar-refractivity contribution in [1.82, 2.24) is 0 Å². The molecule has 5 rings (SSSR count). The van der Waals surface area contributed by atoms with Gasteiger partial charge in [-0.25, -0.2) is 0 Å². The smallest absolute Gasteiger partial charge is 0.310 e. The Bertz CT molecular complexity index is 954. The molecule has 198 valence electrons. The van der Waals surface area contributed by atoms with Gasteiger partial charge in [0.25, 0.3) is 0 Å². The maximum atomic E-state index is 12.8. The van der Waals surface area contributed by atoms with Gasteiger partial charge in [-0.05, 0) is 102 Å². The molecule has 0 aromatic carbocycles. The van der Waals surface area contributed by atoms with E-state index in [1.165, 1.54) is 5.57 Å². The third-order valence-electron chi connectivity index (χ3n) is 14.5. The topological polar surface area (TPSA) is 77.8 Å². The molecule has 4 nitrogen and oxygen atoms in total. The van der Waals surface area contributed by atoms with E-state index >= 15 is 0 Å². The lowest BCUT2D eigenvalue weighted by Crippen LogP contribution is -2.71. The number of hydrogen-bond donors (Lipinski definition) is 3. The van der Waals surface area contributed by atoms with Crippen LogP contribution in [0.1, 0.15) is 107 Å². The van der Waals surface area contributed by atoms with E-state index in [0.717, 1.165) is 44.9 Å². The predicted molar refractivity (Wildman–Crippen MR) is 139 cm³/mol. The van der Waals surface area contributed by atoms with E-state index < -0.39 is 23.6 Å². The molecular formula is C31H50O4. The van der Waals surface area contributed by atoms with Crippen LogP contribution in [-0.4, -0.2) is 33.5 Å². The summed E-state index contributed by atoms with van der Waals surface area (Å²) in [6, 6.07) is 0. The molecule has 4 heteroatoms. The first kappa shape index (κ1) is 25.8. The number of carboxylic acid groups (broad SMARTS) is 1. The SMILES string of the molecule is C[C@H]1[C@H](C)CC[C@]2(C(=O)O)CC[C@]3(C)C(=CC[C@@H]4[C@@]5(C)C[C@@H](O)[C@@H](O)C(C)(C)[C@]5(C)CC[C@]43C)[C@H]12. The van der Waals surface area contributed by atoms with Gasteiger partial charge in [-0.1, -0.05) is 67.0 Å². The largest absolute Gasteiger partial charge is 0.481 e. The summed E-state index contributed by atoms with van der Waals surface area (Å²) in [6.45, 7) is 18.7. The molecule has 35 heavy (non-hydrogen) atoms. The molecule has 0 aromatic rings. The number of carboxylic acids is 1. The highest BCUT2D eigenvalue weighted by molar-refractivity contribution is 5.76. The Kier molecular flexibility index (Phi) is 5.42. The second-order valence-corrected chi connectivity index (χ2v) is 15.2. The van der Waals surface area contributed by atoms with Crippen LogP contribution in [0.4, 0.5) is 0 Å². The fraction of sp³-hybridized carbons (Fsp3) is 0.903. The average molecular weight is 487 g/mol. The van der Waals surface area contributed by atoms with Gasteiger partial charge in [0.15, 0.2) is 0 Å². The van der Waals surface area contributed by atoms with Crippen molar-refractivity contribution < 1.29 is 20.1 Å². The maximum absolute atomic E-state index is 12.8. The van der Waals surface area contributed by atoms with E-state index in [4.69, 9.17) is 0 Å². The Labute approximate surface area is 213 Å². The Morgan fingerprint density at radius 2 is 1.57 bits per heavy atom. The van der Waals surface area contributed by atoms with E-state index in [0.29, 0.717) is 24.2 Å². The van der Waals surface area contributed by atoms with E-state index in [1.54, 1.807) is 0 Å². The van der Waals surface area contributed by atoms with Crippen LogP contribution in [0.5, 0.6) is 0 Å². The summed E-state index contributed by atoms with van der Waals surface area (Å²) in [4.78, 5) is 12.8. The van der Waals surface area contributed by atoms with Gasteiger partial charge in [-0.3, -0.25) is 4.79 Å². The highest BCUT2D eigenvalue weighted by atomic mass is 16.4. The molecule has 0 spiro atoms. The lowest BCUT2D eigenvalue weighted by Gasteiger charge is -2.75. The summed E-state index contributed by atoms with van der Waals surface area (Å²) in [6.07, 6.45) is 8.36. The van der Waals surface area contributed by atoms with Gasteiger partial charge < -0.3 is 15.3 Å². The van der Waals surface area contributed by atoms with E-state index in [2.05, 4.69) is 61.5 Å². The molecule has 0 saturated heterocycles. The number of allylic oxidation sites excluding steroid dienone is 2. The minimum Gasteiger partial charge on any atom is -0.481 e. The summed E-state index contributed by atoms with van der Waals surface area (Å²) in [5.74, 6) is 0.866. The van der Waals surface area contributed by atoms with Crippen LogP contribution in [0.15, 0.2) is 11.6 Å². The summed E-state index contributed by atoms with van der Waals surface area (Å²) in [5.41, 5.74) is 0.322. The zero-order chi connectivity index (χ0) is 26.0. The van der Waals surface area contributed by atoms with Crippen molar-refractivity contribution in [2.45, 2.75) is 119 Å². The minimum atomic E-state index is -0.703. The van der Waals surface area contributed by atoms with Gasteiger partial charge in [0.05, 0.1) is 17.6 Å². The quantitative estimate of drug-likeness (QED) is 0.372. The lowest BCUT2D eigenvalue weighted by atomic mass is 9.30. The molecule has 0 bridgehead atoms. The predicted octanol–water partition coefficient (Wildman–Crippen LogP) is 6.45. The molecule has 0 aromatic heterocycles. The van der Waals surface area contributed by atoms with Crippen molar-refractivity contribution in [2.24, 2.45) is 56.2 Å². The molecule has 0 amide bonds. The lowest BCUT2D eigenvalue weighted by molar-refractivity contribution is -0.274. The maximum Gasteiger partial charge on any atom is 0.310 e. The summed E-state index contributed by atoms with van der Waals surface area (Å²) in [7, 11) is 0. The molecular weight excluding hydrogens is 436 g/mol. The molecule has 0 heterocycles. The number of aliphatic hydroxyl groups excluding tert-OH is 2. The molecule has 5 aliphatic carbocycles. The monoisotopic (exact) mass is 486 g/mol. The third kappa shape index (κ3) is 2.75. The zero-order valence-corrected chi connectivity index (χ0v) is 23.4. The van der Waals surface area contributed by atoms with Crippen LogP contribution >= 0.6 is 0 Å². The van der Waals surface area contributed by atoms with Crippen LogP contribution in [-0.2, 0) is 4.79 Å². The number of aliphatic carboxylic acids is 1. The van der Waals surface area contributed by atoms with Crippen LogP contribution in [0, 0.1) is 56.2 Å². The molecule has 3 N–H and O–H groups in total. The fourth-order valence-electron chi connectivity index (χ4n) is 11.1. The van der Waals surface area contributed by atoms with Crippen molar-refractivity contribution >= 4 is 5.97 Å².